The van der Waals surface area contributed by atoms with E-state index in [0.717, 1.165) is 57.3 Å². The van der Waals surface area contributed by atoms with E-state index in [9.17, 15) is 38.9 Å². The molecule has 0 aliphatic carbocycles. The van der Waals surface area contributed by atoms with E-state index < -0.39 is 78.4 Å². The van der Waals surface area contributed by atoms with Gasteiger partial charge in [-0.2, -0.15) is 0 Å². The summed E-state index contributed by atoms with van der Waals surface area (Å²) < 4.78 is 47.5. The van der Waals surface area contributed by atoms with Crippen molar-refractivity contribution < 1.29 is 71.8 Å². The molecule has 0 aliphatic rings. The van der Waals surface area contributed by atoms with Crippen LogP contribution < -0.4 is 0 Å². The minimum absolute atomic E-state index is 0.117. The lowest BCUT2D eigenvalue weighted by atomic mass is 9.99. The predicted octanol–water partition coefficient (Wildman–Crippen LogP) is 8.08. The van der Waals surface area contributed by atoms with Crippen LogP contribution in [-0.4, -0.2) is 92.8 Å². The Morgan fingerprint density at radius 1 is 0.603 bits per heavy atom. The first-order valence-corrected chi connectivity index (χ1v) is 24.0. The van der Waals surface area contributed by atoms with Crippen molar-refractivity contribution in [3.05, 3.63) is 48.6 Å². The van der Waals surface area contributed by atoms with E-state index in [1.54, 1.807) is 24.3 Å². The first-order chi connectivity index (χ1) is 27.6. The molecule has 6 N–H and O–H groups in total. The highest BCUT2D eigenvalue weighted by Crippen LogP contribution is 2.43. The molecule has 0 radical (unpaired) electrons. The number of carbonyl (C=O) groups excluding carboxylic acids is 2. The zero-order valence-electron chi connectivity index (χ0n) is 35.0. The van der Waals surface area contributed by atoms with Gasteiger partial charge in [0.05, 0.1) is 32.0 Å². The number of esters is 2. The number of aliphatic hydroxyl groups is 3. The molecule has 17 heteroatoms. The van der Waals surface area contributed by atoms with Crippen molar-refractivity contribution in [2.24, 2.45) is 5.92 Å². The standard InChI is InChI=1S/C41H74O15P2/c1-4-6-18-25-36(42)26-20-15-11-9-12-16-21-27-37(43)28-23-30-41(46)56-39(34-55-58(50,51)54-32-38(44)31-53-57(47,48)49)33-52-40(45)29-22-17-13-8-7-10-14-19-24-35(3)5-2/h11-12,15-16,20-21,26-27,35-39,42-44H,4-10,13-14,17-19,22-25,28-34H2,1-3H3,(H,50,51)(H2,47,48,49)/b15-11-,16-12-,26-20+,27-21+/t35?,36-,37-,38+,39-/m1/s1. The minimum atomic E-state index is -4.89. The van der Waals surface area contributed by atoms with Gasteiger partial charge in [0.15, 0.2) is 6.10 Å². The lowest BCUT2D eigenvalue weighted by molar-refractivity contribution is -0.161. The molecule has 0 saturated carbocycles. The molecule has 6 atom stereocenters. The fourth-order valence-corrected chi connectivity index (χ4v) is 6.46. The van der Waals surface area contributed by atoms with E-state index in [4.69, 9.17) is 23.8 Å². The molecule has 0 spiro atoms. The summed E-state index contributed by atoms with van der Waals surface area (Å²) in [5, 5.41) is 29.9. The molecule has 0 saturated heterocycles. The van der Waals surface area contributed by atoms with Crippen LogP contribution in [-0.2, 0) is 41.8 Å². The van der Waals surface area contributed by atoms with Crippen molar-refractivity contribution in [2.45, 2.75) is 167 Å². The highest BCUT2D eigenvalue weighted by atomic mass is 31.2. The molecule has 0 heterocycles. The fraction of sp³-hybridized carbons (Fsp3) is 0.756. The minimum Gasteiger partial charge on any atom is -0.462 e. The van der Waals surface area contributed by atoms with Gasteiger partial charge in [-0.25, -0.2) is 9.13 Å². The molecular formula is C41H74O15P2. The summed E-state index contributed by atoms with van der Waals surface area (Å²) in [6.07, 6.45) is 26.2. The Hall–Kier alpha value is -2.00. The van der Waals surface area contributed by atoms with Crippen molar-refractivity contribution >= 4 is 27.6 Å². The zero-order chi connectivity index (χ0) is 43.5. The Balaban J connectivity index is 4.81. The quantitative estimate of drug-likeness (QED) is 0.0149. The van der Waals surface area contributed by atoms with Gasteiger partial charge in [0, 0.05) is 12.8 Å². The molecule has 0 aromatic heterocycles. The van der Waals surface area contributed by atoms with Crippen molar-refractivity contribution in [1.82, 2.24) is 0 Å². The second kappa shape index (κ2) is 35.7. The van der Waals surface area contributed by atoms with Gasteiger partial charge < -0.3 is 39.5 Å². The second-order valence-corrected chi connectivity index (χ2v) is 17.3. The van der Waals surface area contributed by atoms with Gasteiger partial charge in [0.1, 0.15) is 12.7 Å². The van der Waals surface area contributed by atoms with Gasteiger partial charge >= 0.3 is 27.6 Å². The maximum atomic E-state index is 12.6. The number of allylic oxidation sites excluding steroid dienone is 6. The van der Waals surface area contributed by atoms with Crippen LogP contribution in [0.3, 0.4) is 0 Å². The first-order valence-electron chi connectivity index (χ1n) is 20.9. The summed E-state index contributed by atoms with van der Waals surface area (Å²) in [5.74, 6) is -0.485. The summed E-state index contributed by atoms with van der Waals surface area (Å²) in [7, 11) is -9.76. The van der Waals surface area contributed by atoms with Crippen LogP contribution in [0.4, 0.5) is 0 Å². The fourth-order valence-electron chi connectivity index (χ4n) is 5.30. The van der Waals surface area contributed by atoms with E-state index >= 15 is 0 Å². The van der Waals surface area contributed by atoms with E-state index in [2.05, 4.69) is 29.8 Å². The molecular weight excluding hydrogens is 794 g/mol. The number of phosphoric ester groups is 2. The van der Waals surface area contributed by atoms with Crippen LogP contribution in [0.5, 0.6) is 0 Å². The average Bonchev–Trinajstić information content (AvgIpc) is 3.17. The van der Waals surface area contributed by atoms with Gasteiger partial charge in [0.25, 0.3) is 0 Å². The van der Waals surface area contributed by atoms with Gasteiger partial charge in [-0.15, -0.1) is 0 Å². The van der Waals surface area contributed by atoms with Crippen LogP contribution in [0.15, 0.2) is 48.6 Å². The smallest absolute Gasteiger partial charge is 0.462 e. The highest BCUT2D eigenvalue weighted by Gasteiger charge is 2.28. The zero-order valence-corrected chi connectivity index (χ0v) is 36.8. The lowest BCUT2D eigenvalue weighted by Crippen LogP contribution is -2.30. The molecule has 2 unspecified atom stereocenters. The number of ether oxygens (including phenoxy) is 2. The van der Waals surface area contributed by atoms with E-state index in [1.165, 1.54) is 32.1 Å². The first kappa shape index (κ1) is 56.0. The third-order valence-electron chi connectivity index (χ3n) is 8.96. The summed E-state index contributed by atoms with van der Waals surface area (Å²) in [4.78, 5) is 52.6. The Morgan fingerprint density at radius 2 is 1.12 bits per heavy atom. The predicted molar refractivity (Wildman–Crippen MR) is 223 cm³/mol. The molecule has 0 aromatic carbocycles. The molecule has 0 aromatic rings. The van der Waals surface area contributed by atoms with Gasteiger partial charge in [-0.3, -0.25) is 23.2 Å². The number of hydrogen-bond donors (Lipinski definition) is 6. The van der Waals surface area contributed by atoms with Crippen molar-refractivity contribution in [3.8, 4) is 0 Å². The number of carbonyl (C=O) groups is 2. The number of unbranched alkanes of at least 4 members (excludes halogenated alkanes) is 9. The molecule has 0 amide bonds. The second-order valence-electron chi connectivity index (χ2n) is 14.6. The highest BCUT2D eigenvalue weighted by molar-refractivity contribution is 7.47. The van der Waals surface area contributed by atoms with Crippen LogP contribution >= 0.6 is 15.6 Å². The van der Waals surface area contributed by atoms with E-state index in [1.807, 2.05) is 24.3 Å². The van der Waals surface area contributed by atoms with Crippen LogP contribution in [0, 0.1) is 5.92 Å². The normalized spacial score (nSPS) is 16.2. The molecule has 0 aliphatic heterocycles. The molecule has 0 fully saturated rings. The van der Waals surface area contributed by atoms with Gasteiger partial charge in [-0.05, 0) is 38.0 Å². The van der Waals surface area contributed by atoms with Crippen LogP contribution in [0.25, 0.3) is 0 Å². The van der Waals surface area contributed by atoms with E-state index in [0.29, 0.717) is 12.8 Å². The monoisotopic (exact) mass is 868 g/mol. The number of hydrogen-bond acceptors (Lipinski definition) is 12. The van der Waals surface area contributed by atoms with Crippen molar-refractivity contribution in [1.29, 1.82) is 0 Å². The molecule has 0 bridgehead atoms. The van der Waals surface area contributed by atoms with Gasteiger partial charge in [-0.1, -0.05) is 146 Å². The molecule has 15 nitrogen and oxygen atoms in total. The topological polar surface area (TPSA) is 236 Å². The molecule has 58 heavy (non-hydrogen) atoms. The number of aliphatic hydroxyl groups excluding tert-OH is 3. The van der Waals surface area contributed by atoms with Crippen LogP contribution in [0.2, 0.25) is 0 Å². The Labute approximate surface area is 346 Å². The third kappa shape index (κ3) is 38.2. The van der Waals surface area contributed by atoms with Crippen LogP contribution in [0.1, 0.15) is 143 Å². The maximum Gasteiger partial charge on any atom is 0.472 e. The summed E-state index contributed by atoms with van der Waals surface area (Å²) in [5.41, 5.74) is 0. The third-order valence-corrected chi connectivity index (χ3v) is 10.4. The van der Waals surface area contributed by atoms with Crippen molar-refractivity contribution in [3.63, 3.8) is 0 Å². The Kier molecular flexibility index (Phi) is 34.5. The summed E-state index contributed by atoms with van der Waals surface area (Å²) in [6.45, 7) is 3.67. The molecule has 0 rings (SSSR count). The Morgan fingerprint density at radius 3 is 1.71 bits per heavy atom. The van der Waals surface area contributed by atoms with E-state index in [-0.39, 0.29) is 25.7 Å². The summed E-state index contributed by atoms with van der Waals surface area (Å²) >= 11 is 0. The van der Waals surface area contributed by atoms with Gasteiger partial charge in [0.2, 0.25) is 0 Å². The maximum absolute atomic E-state index is 12.6. The molecule has 338 valence electrons. The largest absolute Gasteiger partial charge is 0.472 e. The average molecular weight is 869 g/mol. The lowest BCUT2D eigenvalue weighted by Gasteiger charge is -2.20. The number of rotatable bonds is 38. The number of phosphoric acid groups is 2. The SMILES string of the molecule is CCCCC[C@@H](O)/C=C/C=C\C/C=C\C=C\[C@@H](O)CCCC(=O)O[C@H](COC(=O)CCCCCCCCCCC(C)CC)COP(=O)(O)OC[C@@H](O)COP(=O)(O)O. The summed E-state index contributed by atoms with van der Waals surface area (Å²) in [6, 6.07) is 0. The van der Waals surface area contributed by atoms with Crippen molar-refractivity contribution in [2.75, 3.05) is 26.4 Å². The Bertz CT molecular complexity index is 1270.